The minimum atomic E-state index is -0.625. The van der Waals surface area contributed by atoms with Gasteiger partial charge in [0, 0.05) is 0 Å². The molecule has 0 bridgehead atoms. The van der Waals surface area contributed by atoms with Crippen molar-refractivity contribution in [3.8, 4) is 0 Å². The number of ether oxygens (including phenoxy) is 5. The van der Waals surface area contributed by atoms with E-state index in [4.69, 9.17) is 23.7 Å². The Bertz CT molecular complexity index is 1110. The van der Waals surface area contributed by atoms with E-state index in [0.29, 0.717) is 26.4 Å². The summed E-state index contributed by atoms with van der Waals surface area (Å²) in [4.78, 5) is 12.5. The van der Waals surface area contributed by atoms with Gasteiger partial charge in [-0.2, -0.15) is 0 Å². The highest BCUT2D eigenvalue weighted by molar-refractivity contribution is 5.75. The minimum absolute atomic E-state index is 0.304. The van der Waals surface area contributed by atoms with Gasteiger partial charge in [0.2, 0.25) is 0 Å². The van der Waals surface area contributed by atoms with Crippen LogP contribution in [0, 0.1) is 0 Å². The number of rotatable bonds is 13. The van der Waals surface area contributed by atoms with E-state index in [0.717, 1.165) is 16.7 Å². The Hall–Kier alpha value is -3.07. The van der Waals surface area contributed by atoms with Gasteiger partial charge in [0.25, 0.3) is 0 Å². The molecule has 7 heteroatoms. The van der Waals surface area contributed by atoms with Crippen LogP contribution in [0.3, 0.4) is 0 Å². The van der Waals surface area contributed by atoms with E-state index < -0.39 is 30.6 Å². The van der Waals surface area contributed by atoms with Crippen LogP contribution >= 0.6 is 0 Å². The molecule has 0 spiro atoms. The highest BCUT2D eigenvalue weighted by atomic mass is 16.6. The smallest absolute Gasteiger partial charge is 0.322 e. The Morgan fingerprint density at radius 3 is 1.64 bits per heavy atom. The molecule has 7 nitrogen and oxygen atoms in total. The fraction of sp³-hybridized carbons (Fsp3) is 0.406. The quantitative estimate of drug-likeness (QED) is 0.309. The fourth-order valence-electron chi connectivity index (χ4n) is 4.63. The van der Waals surface area contributed by atoms with Gasteiger partial charge in [0.15, 0.2) is 0 Å². The maximum Gasteiger partial charge on any atom is 0.322 e. The molecule has 4 rings (SSSR count). The first-order valence-electron chi connectivity index (χ1n) is 13.6. The Labute approximate surface area is 231 Å². The number of nitrogens with one attached hydrogen (secondary N) is 1. The first kappa shape index (κ1) is 28.9. The third kappa shape index (κ3) is 8.46. The van der Waals surface area contributed by atoms with Crippen molar-refractivity contribution in [3.05, 3.63) is 108 Å². The van der Waals surface area contributed by atoms with Crippen molar-refractivity contribution in [3.63, 3.8) is 0 Å². The van der Waals surface area contributed by atoms with E-state index in [1.165, 1.54) is 0 Å². The van der Waals surface area contributed by atoms with Crippen molar-refractivity contribution >= 4 is 5.97 Å². The highest BCUT2D eigenvalue weighted by Crippen LogP contribution is 2.30. The molecule has 1 fully saturated rings. The van der Waals surface area contributed by atoms with Crippen LogP contribution in [0.5, 0.6) is 0 Å². The van der Waals surface area contributed by atoms with Gasteiger partial charge >= 0.3 is 5.97 Å². The van der Waals surface area contributed by atoms with Gasteiger partial charge in [-0.3, -0.25) is 10.1 Å². The number of benzene rings is 3. The predicted octanol–water partition coefficient (Wildman–Crippen LogP) is 5.03. The second-order valence-electron chi connectivity index (χ2n) is 9.69. The molecule has 0 radical (unpaired) electrons. The summed E-state index contributed by atoms with van der Waals surface area (Å²) in [5, 5.41) is 3.29. The molecule has 0 aromatic heterocycles. The number of hydrogen-bond acceptors (Lipinski definition) is 7. The summed E-state index contributed by atoms with van der Waals surface area (Å²) in [6, 6.07) is 29.4. The Kier molecular flexibility index (Phi) is 11.1. The Balaban J connectivity index is 1.59. The van der Waals surface area contributed by atoms with E-state index in [1.807, 2.05) is 97.9 Å². The normalized spacial score (nSPS) is 23.7. The number of carbonyl (C=O) groups is 1. The summed E-state index contributed by atoms with van der Waals surface area (Å²) in [7, 11) is 0. The SMILES string of the molecule is CCOC(=O)[C@H](C)N[C@@H]1O[C@@H](C)[C@@H](OCc2ccccc2)[C@@H](OCc2ccccc2)[C@@H]1OCc1ccccc1. The van der Waals surface area contributed by atoms with Crippen molar-refractivity contribution in [1.82, 2.24) is 5.32 Å². The summed E-state index contributed by atoms with van der Waals surface area (Å²) in [5.74, 6) is -0.347. The third-order valence-corrected chi connectivity index (χ3v) is 6.68. The molecule has 208 valence electrons. The molecule has 39 heavy (non-hydrogen) atoms. The van der Waals surface area contributed by atoms with Crippen molar-refractivity contribution in [2.75, 3.05) is 6.61 Å². The Morgan fingerprint density at radius 2 is 1.18 bits per heavy atom. The van der Waals surface area contributed by atoms with Gasteiger partial charge in [-0.25, -0.2) is 0 Å². The van der Waals surface area contributed by atoms with Crippen LogP contribution in [0.25, 0.3) is 0 Å². The molecule has 0 saturated carbocycles. The molecule has 3 aromatic carbocycles. The summed E-state index contributed by atoms with van der Waals surface area (Å²) >= 11 is 0. The van der Waals surface area contributed by atoms with Gasteiger partial charge < -0.3 is 23.7 Å². The van der Waals surface area contributed by atoms with E-state index in [2.05, 4.69) is 5.32 Å². The van der Waals surface area contributed by atoms with Crippen molar-refractivity contribution in [2.24, 2.45) is 0 Å². The first-order valence-corrected chi connectivity index (χ1v) is 13.6. The molecule has 0 unspecified atom stereocenters. The molecule has 1 saturated heterocycles. The Morgan fingerprint density at radius 1 is 0.744 bits per heavy atom. The largest absolute Gasteiger partial charge is 0.465 e. The second-order valence-corrected chi connectivity index (χ2v) is 9.69. The lowest BCUT2D eigenvalue weighted by Crippen LogP contribution is -2.64. The number of hydrogen-bond donors (Lipinski definition) is 1. The average molecular weight is 534 g/mol. The lowest BCUT2D eigenvalue weighted by Gasteiger charge is -2.46. The maximum atomic E-state index is 12.5. The van der Waals surface area contributed by atoms with E-state index >= 15 is 0 Å². The molecule has 3 aromatic rings. The van der Waals surface area contributed by atoms with Crippen molar-refractivity contribution in [1.29, 1.82) is 0 Å². The molecule has 1 aliphatic heterocycles. The topological polar surface area (TPSA) is 75.3 Å². The standard InChI is InChI=1S/C32H39NO6/c1-4-35-32(34)23(2)33-31-30(38-22-27-18-12-7-13-19-27)29(37-21-26-16-10-6-11-17-26)28(24(3)39-31)36-20-25-14-8-5-9-15-25/h5-19,23-24,28-31,33H,4,20-22H2,1-3H3/t23-,24-,28+,29+,30-,31+/m0/s1. The van der Waals surface area contributed by atoms with Crippen LogP contribution in [-0.2, 0) is 48.3 Å². The van der Waals surface area contributed by atoms with Gasteiger partial charge in [0.1, 0.15) is 30.6 Å². The predicted molar refractivity (Wildman–Crippen MR) is 149 cm³/mol. The maximum absolute atomic E-state index is 12.5. The molecule has 0 aliphatic carbocycles. The van der Waals surface area contributed by atoms with E-state index in [-0.39, 0.29) is 12.1 Å². The van der Waals surface area contributed by atoms with Gasteiger partial charge in [-0.15, -0.1) is 0 Å². The van der Waals surface area contributed by atoms with Gasteiger partial charge in [-0.05, 0) is 37.5 Å². The van der Waals surface area contributed by atoms with Crippen LogP contribution in [0.4, 0.5) is 0 Å². The minimum Gasteiger partial charge on any atom is -0.465 e. The zero-order chi connectivity index (χ0) is 27.5. The summed E-state index contributed by atoms with van der Waals surface area (Å²) < 4.78 is 31.2. The monoisotopic (exact) mass is 533 g/mol. The van der Waals surface area contributed by atoms with Gasteiger partial charge in [0.05, 0.1) is 32.5 Å². The van der Waals surface area contributed by atoms with Crippen LogP contribution in [0.2, 0.25) is 0 Å². The van der Waals surface area contributed by atoms with E-state index in [9.17, 15) is 4.79 Å². The molecule has 1 aliphatic rings. The van der Waals surface area contributed by atoms with Crippen LogP contribution < -0.4 is 5.32 Å². The molecular weight excluding hydrogens is 494 g/mol. The lowest BCUT2D eigenvalue weighted by molar-refractivity contribution is -0.268. The van der Waals surface area contributed by atoms with Crippen LogP contribution in [0.1, 0.15) is 37.5 Å². The highest BCUT2D eigenvalue weighted by Gasteiger charge is 2.47. The summed E-state index contributed by atoms with van der Waals surface area (Å²) in [6.45, 7) is 6.97. The zero-order valence-corrected chi connectivity index (χ0v) is 22.9. The van der Waals surface area contributed by atoms with Crippen LogP contribution in [-0.4, -0.2) is 49.3 Å². The molecule has 1 heterocycles. The van der Waals surface area contributed by atoms with Gasteiger partial charge in [-0.1, -0.05) is 91.0 Å². The zero-order valence-electron chi connectivity index (χ0n) is 22.9. The first-order chi connectivity index (χ1) is 19.0. The number of carbonyl (C=O) groups excluding carboxylic acids is 1. The molecule has 6 atom stereocenters. The average Bonchev–Trinajstić information content (AvgIpc) is 2.96. The number of esters is 1. The fourth-order valence-corrected chi connectivity index (χ4v) is 4.63. The molecular formula is C32H39NO6. The third-order valence-electron chi connectivity index (χ3n) is 6.68. The van der Waals surface area contributed by atoms with Crippen molar-refractivity contribution < 1.29 is 28.5 Å². The van der Waals surface area contributed by atoms with E-state index in [1.54, 1.807) is 13.8 Å². The summed E-state index contributed by atoms with van der Waals surface area (Å²) in [6.07, 6.45) is -2.42. The van der Waals surface area contributed by atoms with Crippen LogP contribution in [0.15, 0.2) is 91.0 Å². The second kappa shape index (κ2) is 14.9. The molecule has 0 amide bonds. The molecule has 1 N–H and O–H groups in total. The van der Waals surface area contributed by atoms with Crippen molar-refractivity contribution in [2.45, 2.75) is 77.3 Å². The lowest BCUT2D eigenvalue weighted by atomic mass is 9.97. The summed E-state index contributed by atoms with van der Waals surface area (Å²) in [5.41, 5.74) is 3.13.